The second kappa shape index (κ2) is 7.59. The molecule has 9 nitrogen and oxygen atoms in total. The van der Waals surface area contributed by atoms with Crippen molar-refractivity contribution in [2.45, 2.75) is 38.1 Å². The molecule has 3 aromatic heterocycles. The number of nitrogens with zero attached hydrogens (tertiary/aromatic N) is 5. The number of rotatable bonds is 5. The van der Waals surface area contributed by atoms with Crippen LogP contribution >= 0.6 is 0 Å². The third kappa shape index (κ3) is 3.45. The summed E-state index contributed by atoms with van der Waals surface area (Å²) >= 11 is 0. The largest absolute Gasteiger partial charge is 0.384 e. The highest BCUT2D eigenvalue weighted by Crippen LogP contribution is 2.29. The van der Waals surface area contributed by atoms with Crippen LogP contribution in [0.2, 0.25) is 0 Å². The highest BCUT2D eigenvalue weighted by atomic mass is 16.2. The summed E-state index contributed by atoms with van der Waals surface area (Å²) in [4.78, 5) is 17.0. The third-order valence-electron chi connectivity index (χ3n) is 5.23. The molecular formula is C19H26N8O. The van der Waals surface area contributed by atoms with Gasteiger partial charge in [0.05, 0.1) is 24.1 Å². The first-order valence-electron chi connectivity index (χ1n) is 9.71. The number of amides is 1. The first kappa shape index (κ1) is 18.4. The van der Waals surface area contributed by atoms with Gasteiger partial charge in [0.15, 0.2) is 5.65 Å². The van der Waals surface area contributed by atoms with Crippen LogP contribution in [0, 0.1) is 0 Å². The lowest BCUT2D eigenvalue weighted by Gasteiger charge is -2.29. The number of hydrogen-bond donors (Lipinski definition) is 3. The summed E-state index contributed by atoms with van der Waals surface area (Å²) in [5, 5.41) is 14.9. The van der Waals surface area contributed by atoms with Gasteiger partial charge in [-0.05, 0) is 19.3 Å². The minimum absolute atomic E-state index is 0.0814. The van der Waals surface area contributed by atoms with E-state index in [1.807, 2.05) is 26.2 Å². The Morgan fingerprint density at radius 1 is 1.36 bits per heavy atom. The van der Waals surface area contributed by atoms with E-state index in [2.05, 4.69) is 20.8 Å². The minimum atomic E-state index is -0.134. The molecule has 4 rings (SSSR count). The highest BCUT2D eigenvalue weighted by molar-refractivity contribution is 5.81. The maximum Gasteiger partial charge on any atom is 0.237 e. The first-order valence-corrected chi connectivity index (χ1v) is 9.71. The van der Waals surface area contributed by atoms with Crippen LogP contribution in [-0.2, 0) is 11.8 Å². The lowest BCUT2D eigenvalue weighted by atomic mass is 9.91. The summed E-state index contributed by atoms with van der Waals surface area (Å²) < 4.78 is 3.41. The van der Waals surface area contributed by atoms with E-state index in [9.17, 15) is 4.79 Å². The Morgan fingerprint density at radius 2 is 2.21 bits per heavy atom. The van der Waals surface area contributed by atoms with Crippen molar-refractivity contribution in [1.82, 2.24) is 35.0 Å². The molecule has 28 heavy (non-hydrogen) atoms. The topological polar surface area (TPSA) is 115 Å². The molecule has 1 saturated heterocycles. The number of hydrogen-bond acceptors (Lipinski definition) is 6. The van der Waals surface area contributed by atoms with E-state index >= 15 is 0 Å². The van der Waals surface area contributed by atoms with Crippen molar-refractivity contribution in [3.63, 3.8) is 0 Å². The second-order valence-corrected chi connectivity index (χ2v) is 7.33. The van der Waals surface area contributed by atoms with E-state index in [4.69, 9.17) is 10.7 Å². The van der Waals surface area contributed by atoms with Gasteiger partial charge in [-0.25, -0.2) is 4.98 Å². The summed E-state index contributed by atoms with van der Waals surface area (Å²) in [6, 6.07) is 1.75. The van der Waals surface area contributed by atoms with E-state index in [1.54, 1.807) is 21.6 Å². The van der Waals surface area contributed by atoms with Crippen LogP contribution in [0.25, 0.3) is 16.8 Å². The average Bonchev–Trinajstić information content (AvgIpc) is 3.32. The molecule has 1 aliphatic heterocycles. The van der Waals surface area contributed by atoms with Crippen molar-refractivity contribution in [2.24, 2.45) is 7.05 Å². The molecule has 0 aliphatic carbocycles. The molecule has 3 aromatic rings. The van der Waals surface area contributed by atoms with Crippen molar-refractivity contribution in [2.75, 3.05) is 18.8 Å². The number of aryl methyl sites for hydroxylation is 1. The highest BCUT2D eigenvalue weighted by Gasteiger charge is 2.28. The molecule has 1 amide bonds. The van der Waals surface area contributed by atoms with Crippen molar-refractivity contribution < 1.29 is 4.79 Å². The van der Waals surface area contributed by atoms with Gasteiger partial charge < -0.3 is 16.4 Å². The van der Waals surface area contributed by atoms with Crippen LogP contribution in [0.5, 0.6) is 0 Å². The normalized spacial score (nSPS) is 19.8. The lowest BCUT2D eigenvalue weighted by Crippen LogP contribution is -2.48. The number of nitrogens with one attached hydrogen (secondary N) is 2. The summed E-state index contributed by atoms with van der Waals surface area (Å²) in [5.41, 5.74) is 9.76. The average molecular weight is 382 g/mol. The monoisotopic (exact) mass is 382 g/mol. The Bertz CT molecular complexity index is 983. The zero-order chi connectivity index (χ0) is 19.7. The molecule has 0 radical (unpaired) electrons. The van der Waals surface area contributed by atoms with Crippen molar-refractivity contribution >= 4 is 17.4 Å². The quantitative estimate of drug-likeness (QED) is 0.608. The van der Waals surface area contributed by atoms with Crippen LogP contribution in [0.3, 0.4) is 0 Å². The van der Waals surface area contributed by atoms with Crippen molar-refractivity contribution in [1.29, 1.82) is 0 Å². The molecule has 1 fully saturated rings. The molecule has 0 unspecified atom stereocenters. The predicted molar refractivity (Wildman–Crippen MR) is 107 cm³/mol. The summed E-state index contributed by atoms with van der Waals surface area (Å²) in [5.74, 6) is 0.843. The predicted octanol–water partition coefficient (Wildman–Crippen LogP) is 1.07. The lowest BCUT2D eigenvalue weighted by molar-refractivity contribution is -0.123. The van der Waals surface area contributed by atoms with Crippen LogP contribution in [0.15, 0.2) is 24.7 Å². The third-order valence-corrected chi connectivity index (χ3v) is 5.23. The number of fused-ring (bicyclic) bond motifs is 1. The molecule has 4 heterocycles. The van der Waals surface area contributed by atoms with E-state index in [-0.39, 0.29) is 17.9 Å². The van der Waals surface area contributed by atoms with E-state index in [1.165, 1.54) is 0 Å². The Hall–Kier alpha value is -2.94. The maximum absolute atomic E-state index is 12.2. The van der Waals surface area contributed by atoms with Gasteiger partial charge >= 0.3 is 0 Å². The maximum atomic E-state index is 12.2. The minimum Gasteiger partial charge on any atom is -0.384 e. The number of anilines is 1. The molecule has 0 spiro atoms. The molecule has 0 saturated carbocycles. The fourth-order valence-electron chi connectivity index (χ4n) is 3.68. The molecule has 9 heteroatoms. The number of carbonyl (C=O) groups is 1. The van der Waals surface area contributed by atoms with Gasteiger partial charge in [0.2, 0.25) is 5.91 Å². The summed E-state index contributed by atoms with van der Waals surface area (Å²) in [7, 11) is 1.88. The SMILES string of the molecule is CCCNC(=O)[C@H]1CC[C@H](c2cc(N)n3ncc(-c4cnn(C)c4)c3n2)CN1. The fourth-order valence-corrected chi connectivity index (χ4v) is 3.68. The van der Waals surface area contributed by atoms with Gasteiger partial charge in [-0.2, -0.15) is 14.7 Å². The fraction of sp³-hybridized carbons (Fsp3) is 0.474. The summed E-state index contributed by atoms with van der Waals surface area (Å²) in [6.07, 6.45) is 8.10. The standard InChI is InChI=1S/C19H26N8O/c1-3-6-21-19(28)15-5-4-12(8-22-15)16-7-17(20)27-18(25-16)14(10-24-27)13-9-23-26(2)11-13/h7,9-12,15,22H,3-6,8,20H2,1-2H3,(H,21,28)/t12-,15+/m0/s1. The second-order valence-electron chi connectivity index (χ2n) is 7.33. The van der Waals surface area contributed by atoms with Crippen molar-refractivity contribution in [3.05, 3.63) is 30.4 Å². The Labute approximate surface area is 163 Å². The molecular weight excluding hydrogens is 356 g/mol. The van der Waals surface area contributed by atoms with Crippen LogP contribution in [-0.4, -0.2) is 49.4 Å². The van der Waals surface area contributed by atoms with E-state index in [0.29, 0.717) is 18.9 Å². The Morgan fingerprint density at radius 3 is 2.89 bits per heavy atom. The number of piperidine rings is 1. The molecule has 0 aromatic carbocycles. The Kier molecular flexibility index (Phi) is 4.99. The zero-order valence-corrected chi connectivity index (χ0v) is 16.2. The number of carbonyl (C=O) groups excluding carboxylic acids is 1. The van der Waals surface area contributed by atoms with Gasteiger partial charge in [-0.15, -0.1) is 0 Å². The number of nitrogen functional groups attached to an aromatic ring is 1. The number of nitrogens with two attached hydrogens (primary N) is 1. The smallest absolute Gasteiger partial charge is 0.237 e. The van der Waals surface area contributed by atoms with Crippen LogP contribution in [0.1, 0.15) is 37.8 Å². The van der Waals surface area contributed by atoms with Gasteiger partial charge in [-0.3, -0.25) is 9.48 Å². The zero-order valence-electron chi connectivity index (χ0n) is 16.2. The molecule has 0 bridgehead atoms. The van der Waals surface area contributed by atoms with Gasteiger partial charge in [0.25, 0.3) is 0 Å². The van der Waals surface area contributed by atoms with Gasteiger partial charge in [-0.1, -0.05) is 6.92 Å². The van der Waals surface area contributed by atoms with Crippen molar-refractivity contribution in [3.8, 4) is 11.1 Å². The molecule has 4 N–H and O–H groups in total. The van der Waals surface area contributed by atoms with Gasteiger partial charge in [0.1, 0.15) is 5.82 Å². The van der Waals surface area contributed by atoms with E-state index < -0.39 is 0 Å². The van der Waals surface area contributed by atoms with Crippen LogP contribution < -0.4 is 16.4 Å². The van der Waals surface area contributed by atoms with Gasteiger partial charge in [0, 0.05) is 49.4 Å². The molecule has 1 aliphatic rings. The first-order chi connectivity index (χ1) is 13.6. The van der Waals surface area contributed by atoms with Crippen LogP contribution in [0.4, 0.5) is 5.82 Å². The number of aromatic nitrogens is 5. The Balaban J connectivity index is 1.56. The molecule has 2 atom stereocenters. The molecule has 148 valence electrons. The van der Waals surface area contributed by atoms with E-state index in [0.717, 1.165) is 41.7 Å². The summed E-state index contributed by atoms with van der Waals surface area (Å²) in [6.45, 7) is 3.46.